The second kappa shape index (κ2) is 10.5. The largest absolute Gasteiger partial charge is 0.494 e. The molecule has 7 nitrogen and oxygen atoms in total. The maximum atomic E-state index is 13.0. The van der Waals surface area contributed by atoms with E-state index in [0.717, 1.165) is 16.2 Å². The van der Waals surface area contributed by atoms with Crippen molar-refractivity contribution in [2.24, 2.45) is 16.8 Å². The van der Waals surface area contributed by atoms with Gasteiger partial charge in [-0.25, -0.2) is 5.84 Å². The van der Waals surface area contributed by atoms with E-state index in [1.54, 1.807) is 35.6 Å². The number of hydrazine groups is 1. The van der Waals surface area contributed by atoms with Crippen LogP contribution in [-0.4, -0.2) is 23.6 Å². The van der Waals surface area contributed by atoms with Crippen LogP contribution in [-0.2, 0) is 6.42 Å². The van der Waals surface area contributed by atoms with Gasteiger partial charge >= 0.3 is 6.18 Å². The zero-order valence-corrected chi connectivity index (χ0v) is 18.6. The Labute approximate surface area is 192 Å². The monoisotopic (exact) mass is 479 g/mol. The highest BCUT2D eigenvalue weighted by Crippen LogP contribution is 2.32. The Hall–Kier alpha value is -3.31. The second-order valence-corrected chi connectivity index (χ2v) is 8.30. The maximum Gasteiger partial charge on any atom is 0.389 e. The van der Waals surface area contributed by atoms with Gasteiger partial charge in [0.25, 0.3) is 5.56 Å². The molecule has 2 aromatic heterocycles. The summed E-state index contributed by atoms with van der Waals surface area (Å²) in [6.07, 6.45) is -4.36. The van der Waals surface area contributed by atoms with Gasteiger partial charge in [-0.3, -0.25) is 4.79 Å². The molecule has 176 valence electrons. The first-order valence-electron chi connectivity index (χ1n) is 10.2. The number of nitrogens with zero attached hydrogens (tertiary/aromatic N) is 1. The van der Waals surface area contributed by atoms with Gasteiger partial charge in [0.2, 0.25) is 0 Å². The number of aryl methyl sites for hydroxylation is 1. The standard InChI is InChI=1S/C22H24F3N5O2S/c1-2-15-8-9-18(33-15)16-12-17(28-21(31)19(16)20(29-26)30-27)13-4-6-14(7-5-13)32-11-3-10-22(23,24)25/h4-9,12H,2-3,10-11,26-27H2,1H3,(H,28,31)(H,29,30). The number of nitrogens with one attached hydrogen (secondary N) is 2. The summed E-state index contributed by atoms with van der Waals surface area (Å²) in [4.78, 5) is 17.8. The summed E-state index contributed by atoms with van der Waals surface area (Å²) in [5, 5.41) is 3.59. The Morgan fingerprint density at radius 2 is 1.94 bits per heavy atom. The lowest BCUT2D eigenvalue weighted by molar-refractivity contribution is -0.136. The van der Waals surface area contributed by atoms with Crippen LogP contribution in [0.3, 0.4) is 0 Å². The molecule has 1 aromatic carbocycles. The molecule has 0 aliphatic carbocycles. The number of hydrazone groups is 1. The van der Waals surface area contributed by atoms with Crippen molar-refractivity contribution in [3.8, 4) is 27.4 Å². The van der Waals surface area contributed by atoms with Gasteiger partial charge < -0.3 is 21.0 Å². The predicted octanol–water partition coefficient (Wildman–Crippen LogP) is 4.14. The van der Waals surface area contributed by atoms with Gasteiger partial charge in [0.1, 0.15) is 5.75 Å². The molecule has 6 N–H and O–H groups in total. The van der Waals surface area contributed by atoms with E-state index in [-0.39, 0.29) is 24.4 Å². The molecule has 33 heavy (non-hydrogen) atoms. The van der Waals surface area contributed by atoms with Crippen molar-refractivity contribution in [1.82, 2.24) is 10.4 Å². The van der Waals surface area contributed by atoms with Gasteiger partial charge in [-0.15, -0.1) is 11.3 Å². The Balaban J connectivity index is 1.91. The van der Waals surface area contributed by atoms with Crippen molar-refractivity contribution in [2.75, 3.05) is 6.61 Å². The molecule has 0 radical (unpaired) electrons. The van der Waals surface area contributed by atoms with Crippen molar-refractivity contribution in [3.63, 3.8) is 0 Å². The van der Waals surface area contributed by atoms with Crippen molar-refractivity contribution in [1.29, 1.82) is 0 Å². The Morgan fingerprint density at radius 1 is 1.21 bits per heavy atom. The number of rotatable bonds is 8. The fraction of sp³-hybridized carbons (Fsp3) is 0.273. The minimum Gasteiger partial charge on any atom is -0.494 e. The summed E-state index contributed by atoms with van der Waals surface area (Å²) < 4.78 is 42.1. The van der Waals surface area contributed by atoms with Gasteiger partial charge in [0, 0.05) is 27.4 Å². The fourth-order valence-electron chi connectivity index (χ4n) is 3.22. The SMILES string of the molecule is CCc1ccc(-c2cc(-c3ccc(OCCCC(F)(F)F)cc3)[nH]c(=O)c2/C(=N/N)NN)s1. The maximum absolute atomic E-state index is 13.0. The molecule has 0 bridgehead atoms. The number of hydrogen-bond donors (Lipinski definition) is 4. The van der Waals surface area contributed by atoms with Crippen LogP contribution >= 0.6 is 11.3 Å². The number of benzene rings is 1. The zero-order chi connectivity index (χ0) is 24.0. The number of ether oxygens (including phenoxy) is 1. The molecule has 0 saturated carbocycles. The number of alkyl halides is 3. The van der Waals surface area contributed by atoms with E-state index in [2.05, 4.69) is 15.5 Å². The third-order valence-electron chi connectivity index (χ3n) is 4.85. The number of thiophene rings is 1. The quantitative estimate of drug-likeness (QED) is 0.127. The molecule has 0 unspecified atom stereocenters. The number of nitrogens with two attached hydrogens (primary N) is 2. The van der Waals surface area contributed by atoms with E-state index in [9.17, 15) is 18.0 Å². The summed E-state index contributed by atoms with van der Waals surface area (Å²) in [5.41, 5.74) is 4.01. The van der Waals surface area contributed by atoms with E-state index in [1.165, 1.54) is 0 Å². The summed E-state index contributed by atoms with van der Waals surface area (Å²) in [6, 6.07) is 12.5. The summed E-state index contributed by atoms with van der Waals surface area (Å²) in [5.74, 6) is 11.4. The molecule has 11 heteroatoms. The number of halogens is 3. The highest BCUT2D eigenvalue weighted by molar-refractivity contribution is 7.15. The molecular weight excluding hydrogens is 455 g/mol. The Bertz CT molecular complexity index is 1170. The summed E-state index contributed by atoms with van der Waals surface area (Å²) in [7, 11) is 0. The van der Waals surface area contributed by atoms with Crippen LogP contribution < -0.4 is 27.4 Å². The van der Waals surface area contributed by atoms with Gasteiger partial charge in [0.05, 0.1) is 12.2 Å². The van der Waals surface area contributed by atoms with Gasteiger partial charge in [-0.05, 0) is 60.9 Å². The molecule has 0 fully saturated rings. The normalized spacial score (nSPS) is 12.1. The molecule has 0 amide bonds. The number of amidine groups is 1. The summed E-state index contributed by atoms with van der Waals surface area (Å²) >= 11 is 1.55. The predicted molar refractivity (Wildman–Crippen MR) is 124 cm³/mol. The first-order valence-corrected chi connectivity index (χ1v) is 11.0. The molecule has 0 spiro atoms. The van der Waals surface area contributed by atoms with E-state index in [1.807, 2.05) is 25.1 Å². The first kappa shape index (κ1) is 24.3. The van der Waals surface area contributed by atoms with Gasteiger partial charge in [0.15, 0.2) is 5.84 Å². The van der Waals surface area contributed by atoms with Crippen LogP contribution in [0.5, 0.6) is 5.75 Å². The summed E-state index contributed by atoms with van der Waals surface area (Å²) in [6.45, 7) is 2.00. The van der Waals surface area contributed by atoms with Gasteiger partial charge in [-0.2, -0.15) is 18.3 Å². The molecule has 0 atom stereocenters. The first-order chi connectivity index (χ1) is 15.8. The van der Waals surface area contributed by atoms with Crippen LogP contribution in [0.4, 0.5) is 13.2 Å². The minimum absolute atomic E-state index is 0.0417. The molecule has 3 aromatic rings. The van der Waals surface area contributed by atoms with E-state index in [0.29, 0.717) is 22.6 Å². The van der Waals surface area contributed by atoms with Crippen LogP contribution in [0.25, 0.3) is 21.7 Å². The van der Waals surface area contributed by atoms with Crippen LogP contribution in [0.2, 0.25) is 0 Å². The number of aromatic nitrogens is 1. The number of aromatic amines is 1. The van der Waals surface area contributed by atoms with E-state index >= 15 is 0 Å². The Morgan fingerprint density at radius 3 is 2.52 bits per heavy atom. The minimum atomic E-state index is -4.20. The molecule has 0 aliphatic heterocycles. The lowest BCUT2D eigenvalue weighted by atomic mass is 10.0. The lowest BCUT2D eigenvalue weighted by Gasteiger charge is -2.12. The molecular formula is C22H24F3N5O2S. The van der Waals surface area contributed by atoms with Crippen molar-refractivity contribution < 1.29 is 17.9 Å². The van der Waals surface area contributed by atoms with E-state index in [4.69, 9.17) is 16.4 Å². The zero-order valence-electron chi connectivity index (χ0n) is 17.8. The third-order valence-corrected chi connectivity index (χ3v) is 6.11. The van der Waals surface area contributed by atoms with E-state index < -0.39 is 18.2 Å². The number of hydrogen-bond acceptors (Lipinski definition) is 6. The lowest BCUT2D eigenvalue weighted by Crippen LogP contribution is -2.36. The molecule has 3 rings (SSSR count). The van der Waals surface area contributed by atoms with Crippen molar-refractivity contribution in [3.05, 3.63) is 63.3 Å². The van der Waals surface area contributed by atoms with Crippen molar-refractivity contribution in [2.45, 2.75) is 32.4 Å². The average molecular weight is 480 g/mol. The molecule has 0 saturated heterocycles. The molecule has 2 heterocycles. The highest BCUT2D eigenvalue weighted by Gasteiger charge is 2.26. The van der Waals surface area contributed by atoms with Crippen LogP contribution in [0.1, 0.15) is 30.2 Å². The topological polar surface area (TPSA) is 119 Å². The van der Waals surface area contributed by atoms with Crippen molar-refractivity contribution >= 4 is 17.2 Å². The average Bonchev–Trinajstić information content (AvgIpc) is 3.27. The van der Waals surface area contributed by atoms with Gasteiger partial charge in [-0.1, -0.05) is 6.92 Å². The molecule has 0 aliphatic rings. The second-order valence-electron chi connectivity index (χ2n) is 7.13. The number of H-pyrrole nitrogens is 1. The third kappa shape index (κ3) is 6.14. The smallest absolute Gasteiger partial charge is 0.389 e. The Kier molecular flexibility index (Phi) is 7.77. The highest BCUT2D eigenvalue weighted by atomic mass is 32.1. The van der Waals surface area contributed by atoms with Crippen LogP contribution in [0.15, 0.2) is 52.4 Å². The fourth-order valence-corrected chi connectivity index (χ4v) is 4.19. The van der Waals surface area contributed by atoms with Crippen LogP contribution in [0, 0.1) is 0 Å². The number of pyridine rings is 1.